The third-order valence-electron chi connectivity index (χ3n) is 6.50. The number of anilines is 3. The Bertz CT molecular complexity index is 1530. The molecular weight excluding hydrogens is 577 g/mol. The number of carboxylic acids is 2. The van der Waals surface area contributed by atoms with Gasteiger partial charge in [-0.1, -0.05) is 31.2 Å². The largest absolute Gasteiger partial charge is 0.490 e. The lowest BCUT2D eigenvalue weighted by molar-refractivity contribution is -0.192. The third kappa shape index (κ3) is 8.12. The lowest BCUT2D eigenvalue weighted by Crippen LogP contribution is -2.52. The number of alkyl halides is 3. The van der Waals surface area contributed by atoms with E-state index < -0.39 is 28.1 Å². The van der Waals surface area contributed by atoms with Crippen LogP contribution >= 0.6 is 0 Å². The number of piperazine rings is 1. The summed E-state index contributed by atoms with van der Waals surface area (Å²) in [6.07, 6.45) is -3.02. The van der Waals surface area contributed by atoms with E-state index in [0.29, 0.717) is 18.9 Å². The lowest BCUT2D eigenvalue weighted by Gasteiger charge is -2.42. The quantitative estimate of drug-likeness (QED) is 0.345. The predicted molar refractivity (Wildman–Crippen MR) is 152 cm³/mol. The number of nitrogens with zero attached hydrogens (tertiary/aromatic N) is 3. The van der Waals surface area contributed by atoms with Gasteiger partial charge in [-0.05, 0) is 61.7 Å². The van der Waals surface area contributed by atoms with Crippen molar-refractivity contribution in [3.05, 3.63) is 77.5 Å². The van der Waals surface area contributed by atoms with Gasteiger partial charge in [0.1, 0.15) is 0 Å². The zero-order valence-corrected chi connectivity index (χ0v) is 23.9. The standard InChI is InChI=1S/C26H30N4O4S.C2HF3O2/c1-4-20-8-10-23(11-9-20)35(33,34)28-24-15-21(26(31)32)16-27-25(24)29-12-13-30(19(3)17-29)22-7-5-6-18(2)14-22;3-2(4,5)1(6)7/h5-11,14-16,19,28H,4,12-13,17H2,1-3H3,(H,31,32);(H,6,7). The maximum atomic E-state index is 13.1. The van der Waals surface area contributed by atoms with Gasteiger partial charge < -0.3 is 20.0 Å². The van der Waals surface area contributed by atoms with Gasteiger partial charge in [0, 0.05) is 37.6 Å². The van der Waals surface area contributed by atoms with Crippen molar-refractivity contribution in [2.24, 2.45) is 0 Å². The van der Waals surface area contributed by atoms with Gasteiger partial charge in [-0.2, -0.15) is 13.2 Å². The number of aliphatic carboxylic acids is 1. The van der Waals surface area contributed by atoms with Crippen molar-refractivity contribution in [2.45, 2.75) is 44.3 Å². The van der Waals surface area contributed by atoms with Crippen LogP contribution in [0.1, 0.15) is 35.3 Å². The van der Waals surface area contributed by atoms with E-state index in [-0.39, 0.29) is 22.2 Å². The molecule has 0 spiro atoms. The van der Waals surface area contributed by atoms with Crippen LogP contribution in [0.25, 0.3) is 0 Å². The smallest absolute Gasteiger partial charge is 0.478 e. The minimum Gasteiger partial charge on any atom is -0.478 e. The molecule has 1 fully saturated rings. The van der Waals surface area contributed by atoms with Crippen LogP contribution in [0, 0.1) is 6.92 Å². The molecule has 2 aromatic carbocycles. The Balaban J connectivity index is 0.000000616. The number of nitrogens with one attached hydrogen (secondary N) is 1. The topological polar surface area (TPSA) is 140 Å². The maximum absolute atomic E-state index is 13.1. The number of sulfonamides is 1. The second-order valence-corrected chi connectivity index (χ2v) is 11.3. The molecule has 1 atom stereocenters. The zero-order chi connectivity index (χ0) is 31.2. The van der Waals surface area contributed by atoms with Crippen molar-refractivity contribution < 1.29 is 41.4 Å². The summed E-state index contributed by atoms with van der Waals surface area (Å²) >= 11 is 0. The minimum atomic E-state index is -5.08. The molecule has 1 aliphatic heterocycles. The monoisotopic (exact) mass is 608 g/mol. The van der Waals surface area contributed by atoms with Crippen LogP contribution in [-0.4, -0.2) is 67.4 Å². The van der Waals surface area contributed by atoms with Crippen molar-refractivity contribution >= 4 is 39.2 Å². The highest BCUT2D eigenvalue weighted by molar-refractivity contribution is 7.92. The number of halogens is 3. The van der Waals surface area contributed by atoms with Gasteiger partial charge in [0.15, 0.2) is 5.82 Å². The second-order valence-electron chi connectivity index (χ2n) is 9.63. The first-order valence-electron chi connectivity index (χ1n) is 12.9. The first kappa shape index (κ1) is 32.2. The fourth-order valence-electron chi connectivity index (χ4n) is 4.35. The van der Waals surface area contributed by atoms with Crippen LogP contribution in [0.4, 0.5) is 30.4 Å². The van der Waals surface area contributed by atoms with E-state index in [9.17, 15) is 31.5 Å². The molecule has 2 heterocycles. The van der Waals surface area contributed by atoms with Crippen LogP contribution < -0.4 is 14.5 Å². The van der Waals surface area contributed by atoms with Crippen LogP contribution in [0.3, 0.4) is 0 Å². The Labute approximate surface area is 241 Å². The summed E-state index contributed by atoms with van der Waals surface area (Å²) in [6.45, 7) is 8.10. The number of aromatic carboxylic acids is 1. The van der Waals surface area contributed by atoms with Gasteiger partial charge >= 0.3 is 18.1 Å². The van der Waals surface area contributed by atoms with Crippen LogP contribution in [0.15, 0.2) is 65.7 Å². The van der Waals surface area contributed by atoms with E-state index in [0.717, 1.165) is 24.2 Å². The number of rotatable bonds is 7. The van der Waals surface area contributed by atoms with Crippen molar-refractivity contribution in [1.82, 2.24) is 4.98 Å². The lowest BCUT2D eigenvalue weighted by atomic mass is 10.1. The summed E-state index contributed by atoms with van der Waals surface area (Å²) in [5, 5.41) is 16.6. The molecule has 3 aromatic rings. The summed E-state index contributed by atoms with van der Waals surface area (Å²) in [5.41, 5.74) is 3.43. The molecule has 14 heteroatoms. The fraction of sp³-hybridized carbons (Fsp3) is 0.321. The van der Waals surface area contributed by atoms with Crippen LogP contribution in [-0.2, 0) is 21.2 Å². The second kappa shape index (κ2) is 13.1. The Morgan fingerprint density at radius 3 is 2.24 bits per heavy atom. The highest BCUT2D eigenvalue weighted by atomic mass is 32.2. The van der Waals surface area contributed by atoms with Gasteiger partial charge in [-0.3, -0.25) is 4.72 Å². The Hall–Kier alpha value is -4.33. The molecule has 10 nitrogen and oxygen atoms in total. The molecule has 1 unspecified atom stereocenters. The summed E-state index contributed by atoms with van der Waals surface area (Å²) in [7, 11) is -3.93. The summed E-state index contributed by atoms with van der Waals surface area (Å²) < 4.78 is 60.6. The van der Waals surface area contributed by atoms with Crippen molar-refractivity contribution in [3.63, 3.8) is 0 Å². The Morgan fingerprint density at radius 2 is 1.71 bits per heavy atom. The average Bonchev–Trinajstić information content (AvgIpc) is 2.92. The highest BCUT2D eigenvalue weighted by Gasteiger charge is 2.38. The number of hydrogen-bond acceptors (Lipinski definition) is 7. The molecule has 4 rings (SSSR count). The SMILES string of the molecule is CCc1ccc(S(=O)(=O)Nc2cc(C(=O)O)cnc2N2CCN(c3cccc(C)c3)C(C)C2)cc1.O=C(O)C(F)(F)F. The van der Waals surface area contributed by atoms with Gasteiger partial charge in [0.05, 0.1) is 16.1 Å². The van der Waals surface area contributed by atoms with E-state index >= 15 is 0 Å². The van der Waals surface area contributed by atoms with Gasteiger partial charge in [0.25, 0.3) is 10.0 Å². The number of carboxylic acid groups (broad SMARTS) is 2. The van der Waals surface area contributed by atoms with Gasteiger partial charge in [-0.25, -0.2) is 23.0 Å². The van der Waals surface area contributed by atoms with E-state index in [1.54, 1.807) is 24.3 Å². The summed E-state index contributed by atoms with van der Waals surface area (Å²) in [6, 6.07) is 16.5. The zero-order valence-electron chi connectivity index (χ0n) is 23.1. The van der Waals surface area contributed by atoms with Gasteiger partial charge in [-0.15, -0.1) is 0 Å². The number of aryl methyl sites for hydroxylation is 2. The van der Waals surface area contributed by atoms with E-state index in [4.69, 9.17) is 9.90 Å². The van der Waals surface area contributed by atoms with Crippen LogP contribution in [0.2, 0.25) is 0 Å². The normalized spacial score (nSPS) is 15.4. The molecule has 0 radical (unpaired) electrons. The summed E-state index contributed by atoms with van der Waals surface area (Å²) in [5.74, 6) is -3.51. The van der Waals surface area contributed by atoms with E-state index in [1.165, 1.54) is 17.8 Å². The minimum absolute atomic E-state index is 0.0840. The number of aromatic nitrogens is 1. The molecule has 1 aliphatic rings. The third-order valence-corrected chi connectivity index (χ3v) is 7.88. The van der Waals surface area contributed by atoms with Crippen molar-refractivity contribution in [1.29, 1.82) is 0 Å². The molecule has 0 amide bonds. The van der Waals surface area contributed by atoms with Crippen molar-refractivity contribution in [2.75, 3.05) is 34.2 Å². The summed E-state index contributed by atoms with van der Waals surface area (Å²) in [4.78, 5) is 29.3. The average molecular weight is 609 g/mol. The van der Waals surface area contributed by atoms with E-state index in [2.05, 4.69) is 46.7 Å². The first-order chi connectivity index (χ1) is 19.6. The molecule has 0 saturated carbocycles. The van der Waals surface area contributed by atoms with E-state index in [1.807, 2.05) is 17.9 Å². The van der Waals surface area contributed by atoms with Crippen molar-refractivity contribution in [3.8, 4) is 0 Å². The highest BCUT2D eigenvalue weighted by Crippen LogP contribution is 2.31. The number of hydrogen-bond donors (Lipinski definition) is 3. The number of pyridine rings is 1. The molecule has 3 N–H and O–H groups in total. The Morgan fingerprint density at radius 1 is 1.07 bits per heavy atom. The first-order valence-corrected chi connectivity index (χ1v) is 14.3. The molecule has 0 aliphatic carbocycles. The number of benzene rings is 2. The molecule has 226 valence electrons. The Kier molecular flexibility index (Phi) is 10.0. The molecule has 1 saturated heterocycles. The molecule has 0 bridgehead atoms. The van der Waals surface area contributed by atoms with Crippen LogP contribution in [0.5, 0.6) is 0 Å². The predicted octanol–water partition coefficient (Wildman–Crippen LogP) is 4.80. The fourth-order valence-corrected chi connectivity index (χ4v) is 5.40. The molecule has 1 aromatic heterocycles. The molecular formula is C28H31F3N4O6S. The maximum Gasteiger partial charge on any atom is 0.490 e. The van der Waals surface area contributed by atoms with Gasteiger partial charge in [0.2, 0.25) is 0 Å². The number of carbonyl (C=O) groups is 2. The molecule has 42 heavy (non-hydrogen) atoms.